The van der Waals surface area contributed by atoms with Crippen LogP contribution in [-0.4, -0.2) is 35.8 Å². The second kappa shape index (κ2) is 8.97. The molecule has 38 heavy (non-hydrogen) atoms. The zero-order valence-corrected chi connectivity index (χ0v) is 21.4. The van der Waals surface area contributed by atoms with Gasteiger partial charge in [0.05, 0.1) is 18.0 Å². The van der Waals surface area contributed by atoms with Crippen LogP contribution in [0.15, 0.2) is 85.3 Å². The molecule has 1 amide bonds. The predicted octanol–water partition coefficient (Wildman–Crippen LogP) is 5.86. The number of nitrogens with zero attached hydrogens (tertiary/aromatic N) is 2. The fourth-order valence-electron chi connectivity index (χ4n) is 4.82. The first-order chi connectivity index (χ1) is 18.2. The Balaban J connectivity index is 1.40. The van der Waals surface area contributed by atoms with Crippen LogP contribution in [0.2, 0.25) is 0 Å². The van der Waals surface area contributed by atoms with E-state index in [0.29, 0.717) is 11.3 Å². The summed E-state index contributed by atoms with van der Waals surface area (Å²) in [5.41, 5.74) is 5.22. The molecule has 0 fully saturated rings. The smallest absolute Gasteiger partial charge is 0.255 e. The highest BCUT2D eigenvalue weighted by atomic mass is 32.2. The number of H-pyrrole nitrogens is 1. The Labute approximate surface area is 218 Å². The van der Waals surface area contributed by atoms with Crippen LogP contribution < -0.4 is 10.0 Å². The van der Waals surface area contributed by atoms with Gasteiger partial charge in [-0.05, 0) is 70.8 Å². The maximum atomic E-state index is 13.5. The third kappa shape index (κ3) is 4.44. The Morgan fingerprint density at radius 2 is 1.71 bits per heavy atom. The second-order valence-corrected chi connectivity index (χ2v) is 11.1. The number of amides is 1. The van der Waals surface area contributed by atoms with Gasteiger partial charge in [0.1, 0.15) is 0 Å². The lowest BCUT2D eigenvalue weighted by Crippen LogP contribution is -2.12. The van der Waals surface area contributed by atoms with Gasteiger partial charge < -0.3 is 5.32 Å². The van der Waals surface area contributed by atoms with E-state index in [4.69, 9.17) is 0 Å². The molecule has 0 atom stereocenters. The van der Waals surface area contributed by atoms with Crippen molar-refractivity contribution in [3.63, 3.8) is 0 Å². The van der Waals surface area contributed by atoms with Gasteiger partial charge >= 0.3 is 0 Å². The van der Waals surface area contributed by atoms with Crippen LogP contribution >= 0.6 is 0 Å². The fourth-order valence-corrected chi connectivity index (χ4v) is 5.38. The van der Waals surface area contributed by atoms with Crippen molar-refractivity contribution in [2.45, 2.75) is 6.92 Å². The minimum atomic E-state index is -3.37. The van der Waals surface area contributed by atoms with Gasteiger partial charge in [-0.25, -0.2) is 8.42 Å². The molecule has 3 N–H and O–H groups in total. The van der Waals surface area contributed by atoms with Gasteiger partial charge in [-0.1, -0.05) is 30.3 Å². The van der Waals surface area contributed by atoms with Crippen LogP contribution in [0.25, 0.3) is 43.6 Å². The maximum Gasteiger partial charge on any atom is 0.255 e. The Morgan fingerprint density at radius 1 is 0.895 bits per heavy atom. The van der Waals surface area contributed by atoms with E-state index in [2.05, 4.69) is 25.2 Å². The Hall–Kier alpha value is -4.76. The molecule has 0 radical (unpaired) electrons. The lowest BCUT2D eigenvalue weighted by molar-refractivity contribution is 0.102. The highest BCUT2D eigenvalue weighted by Crippen LogP contribution is 2.33. The monoisotopic (exact) mass is 521 g/mol. The zero-order valence-electron chi connectivity index (χ0n) is 20.6. The number of rotatable bonds is 5. The topological polar surface area (TPSA) is 117 Å². The Kier molecular flexibility index (Phi) is 5.57. The number of aryl methyl sites for hydroxylation is 1. The van der Waals surface area contributed by atoms with E-state index in [1.165, 1.54) is 0 Å². The molecule has 6 rings (SSSR count). The highest BCUT2D eigenvalue weighted by molar-refractivity contribution is 7.92. The number of fused-ring (bicyclic) bond motifs is 3. The fraction of sp³-hybridized carbons (Fsp3) is 0.0690. The summed E-state index contributed by atoms with van der Waals surface area (Å²) in [6, 6.07) is 20.7. The first-order valence-corrected chi connectivity index (χ1v) is 13.8. The van der Waals surface area contributed by atoms with Crippen LogP contribution in [0.4, 0.5) is 11.4 Å². The summed E-state index contributed by atoms with van der Waals surface area (Å²) in [5.74, 6) is -0.233. The van der Waals surface area contributed by atoms with Crippen LogP contribution in [0.3, 0.4) is 0 Å². The number of aromatic amines is 1. The molecule has 4 aromatic carbocycles. The molecule has 0 spiro atoms. The normalized spacial score (nSPS) is 11.7. The summed E-state index contributed by atoms with van der Waals surface area (Å²) in [4.78, 5) is 17.7. The van der Waals surface area contributed by atoms with E-state index >= 15 is 0 Å². The first kappa shape index (κ1) is 23.6. The van der Waals surface area contributed by atoms with Crippen molar-refractivity contribution in [3.05, 3.63) is 96.4 Å². The SMILES string of the molecule is Cc1cncc2cccc(NC(=O)c3cc(-c4ccc5cc(NS(C)(=O)=O)ccc5c4)c4cn[nH]c4c3)c12. The van der Waals surface area contributed by atoms with Crippen molar-refractivity contribution in [3.8, 4) is 11.1 Å². The molecule has 0 aliphatic rings. The largest absolute Gasteiger partial charge is 0.321 e. The molecule has 6 aromatic rings. The molecule has 0 aliphatic heterocycles. The van der Waals surface area contributed by atoms with Crippen molar-refractivity contribution >= 4 is 59.8 Å². The first-order valence-electron chi connectivity index (χ1n) is 11.9. The van der Waals surface area contributed by atoms with E-state index in [-0.39, 0.29) is 5.91 Å². The van der Waals surface area contributed by atoms with E-state index in [9.17, 15) is 13.2 Å². The van der Waals surface area contributed by atoms with Gasteiger partial charge in [-0.2, -0.15) is 5.10 Å². The van der Waals surface area contributed by atoms with Crippen LogP contribution in [0.1, 0.15) is 15.9 Å². The molecule has 8 nitrogen and oxygen atoms in total. The van der Waals surface area contributed by atoms with E-state index in [0.717, 1.165) is 61.1 Å². The van der Waals surface area contributed by atoms with Crippen molar-refractivity contribution in [2.24, 2.45) is 0 Å². The van der Waals surface area contributed by atoms with E-state index in [1.807, 2.05) is 55.5 Å². The van der Waals surface area contributed by atoms with Crippen LogP contribution in [0, 0.1) is 6.92 Å². The van der Waals surface area contributed by atoms with Crippen LogP contribution in [-0.2, 0) is 10.0 Å². The Bertz CT molecular complexity index is 1990. The molecular formula is C29H23N5O3S. The van der Waals surface area contributed by atoms with Crippen molar-refractivity contribution in [1.29, 1.82) is 0 Å². The Morgan fingerprint density at radius 3 is 2.55 bits per heavy atom. The summed E-state index contributed by atoms with van der Waals surface area (Å²) < 4.78 is 25.7. The highest BCUT2D eigenvalue weighted by Gasteiger charge is 2.15. The number of aromatic nitrogens is 3. The van der Waals surface area contributed by atoms with E-state index in [1.54, 1.807) is 36.8 Å². The van der Waals surface area contributed by atoms with Gasteiger partial charge in [-0.3, -0.25) is 19.6 Å². The second-order valence-electron chi connectivity index (χ2n) is 9.32. The van der Waals surface area contributed by atoms with Crippen molar-refractivity contribution in [1.82, 2.24) is 15.2 Å². The molecule has 2 aromatic heterocycles. The minimum absolute atomic E-state index is 0.233. The summed E-state index contributed by atoms with van der Waals surface area (Å²) in [6.45, 7) is 1.97. The van der Waals surface area contributed by atoms with Crippen molar-refractivity contribution < 1.29 is 13.2 Å². The molecule has 2 heterocycles. The average Bonchev–Trinajstić information content (AvgIpc) is 3.36. The molecule has 9 heteroatoms. The number of carbonyl (C=O) groups is 1. The van der Waals surface area contributed by atoms with Gasteiger partial charge in [0.15, 0.2) is 0 Å². The number of benzene rings is 4. The van der Waals surface area contributed by atoms with Gasteiger partial charge in [0, 0.05) is 45.5 Å². The molecule has 188 valence electrons. The summed E-state index contributed by atoms with van der Waals surface area (Å²) in [6.07, 6.45) is 6.44. The van der Waals surface area contributed by atoms with Gasteiger partial charge in [-0.15, -0.1) is 0 Å². The lowest BCUT2D eigenvalue weighted by atomic mass is 9.96. The molecule has 0 bridgehead atoms. The zero-order chi connectivity index (χ0) is 26.4. The molecular weight excluding hydrogens is 498 g/mol. The summed E-state index contributed by atoms with van der Waals surface area (Å²) in [7, 11) is -3.37. The summed E-state index contributed by atoms with van der Waals surface area (Å²) >= 11 is 0. The number of hydrogen-bond acceptors (Lipinski definition) is 5. The molecule has 0 aliphatic carbocycles. The number of anilines is 2. The number of nitrogens with one attached hydrogen (secondary N) is 3. The number of pyridine rings is 1. The molecule has 0 saturated heterocycles. The van der Waals surface area contributed by atoms with E-state index < -0.39 is 10.0 Å². The standard InChI is InChI=1S/C29H23N5O3S/c1-17-14-30-15-21-4-3-5-26(28(17)21)32-29(35)22-12-24(25-16-31-33-27(25)13-22)20-7-6-19-11-23(34-38(2,36)37)9-8-18(19)10-20/h3-16,34H,1-2H3,(H,31,33)(H,32,35). The van der Waals surface area contributed by atoms with Gasteiger partial charge in [0.2, 0.25) is 10.0 Å². The summed E-state index contributed by atoms with van der Waals surface area (Å²) in [5, 5.41) is 14.9. The molecule has 0 unspecified atom stereocenters. The third-order valence-electron chi connectivity index (χ3n) is 6.50. The predicted molar refractivity (Wildman–Crippen MR) is 152 cm³/mol. The quantitative estimate of drug-likeness (QED) is 0.263. The van der Waals surface area contributed by atoms with Crippen LogP contribution in [0.5, 0.6) is 0 Å². The molecule has 0 saturated carbocycles. The van der Waals surface area contributed by atoms with Gasteiger partial charge in [0.25, 0.3) is 5.91 Å². The average molecular weight is 522 g/mol. The van der Waals surface area contributed by atoms with Crippen molar-refractivity contribution in [2.75, 3.05) is 16.3 Å². The number of carbonyl (C=O) groups excluding carboxylic acids is 1. The third-order valence-corrected chi connectivity index (χ3v) is 7.10. The number of hydrogen-bond donors (Lipinski definition) is 3. The lowest BCUT2D eigenvalue weighted by Gasteiger charge is -2.12. The minimum Gasteiger partial charge on any atom is -0.321 e. The maximum absolute atomic E-state index is 13.5. The number of sulfonamides is 1.